The zero-order chi connectivity index (χ0) is 17.4. The van der Waals surface area contributed by atoms with E-state index in [-0.39, 0.29) is 5.91 Å². The van der Waals surface area contributed by atoms with Gasteiger partial charge in [-0.1, -0.05) is 35.9 Å². The third-order valence-corrected chi connectivity index (χ3v) is 3.94. The van der Waals surface area contributed by atoms with Crippen LogP contribution in [0.3, 0.4) is 0 Å². The van der Waals surface area contributed by atoms with Crippen LogP contribution in [0.1, 0.15) is 28.4 Å². The van der Waals surface area contributed by atoms with Gasteiger partial charge in [-0.15, -0.1) is 0 Å². The molecule has 0 saturated carbocycles. The second kappa shape index (κ2) is 9.08. The largest absolute Gasteiger partial charge is 0.496 e. The van der Waals surface area contributed by atoms with E-state index in [0.717, 1.165) is 24.3 Å². The van der Waals surface area contributed by atoms with E-state index in [1.54, 1.807) is 7.11 Å². The van der Waals surface area contributed by atoms with Gasteiger partial charge in [-0.25, -0.2) is 0 Å². The lowest BCUT2D eigenvalue weighted by Gasteiger charge is -2.16. The molecule has 0 fully saturated rings. The molecule has 2 N–H and O–H groups in total. The molecule has 4 nitrogen and oxygen atoms in total. The number of nitrogens with one attached hydrogen (secondary N) is 2. The summed E-state index contributed by atoms with van der Waals surface area (Å²) < 4.78 is 5.38. The van der Waals surface area contributed by atoms with Gasteiger partial charge in [-0.2, -0.15) is 0 Å². The van der Waals surface area contributed by atoms with Crippen LogP contribution in [0.25, 0.3) is 0 Å². The van der Waals surface area contributed by atoms with E-state index in [1.165, 1.54) is 5.56 Å². The Labute approximate surface area is 144 Å². The molecule has 128 valence electrons. The van der Waals surface area contributed by atoms with Gasteiger partial charge >= 0.3 is 0 Å². The summed E-state index contributed by atoms with van der Waals surface area (Å²) in [6, 6.07) is 15.9. The Kier molecular flexibility index (Phi) is 6.82. The number of hydrogen-bond donors (Lipinski definition) is 2. The fourth-order valence-corrected chi connectivity index (χ4v) is 2.58. The van der Waals surface area contributed by atoms with E-state index >= 15 is 0 Å². The highest BCUT2D eigenvalue weighted by Gasteiger charge is 2.08. The molecule has 0 aromatic heterocycles. The van der Waals surface area contributed by atoms with E-state index in [9.17, 15) is 4.79 Å². The third-order valence-electron chi connectivity index (χ3n) is 3.94. The highest BCUT2D eigenvalue weighted by Crippen LogP contribution is 2.18. The Hall–Kier alpha value is -2.33. The number of amides is 1. The highest BCUT2D eigenvalue weighted by atomic mass is 16.5. The fourth-order valence-electron chi connectivity index (χ4n) is 2.58. The first-order valence-electron chi connectivity index (χ1n) is 8.30. The minimum absolute atomic E-state index is 0.0332. The molecule has 0 aliphatic rings. The summed E-state index contributed by atoms with van der Waals surface area (Å²) in [4.78, 5) is 12.0. The van der Waals surface area contributed by atoms with Crippen molar-refractivity contribution in [3.05, 3.63) is 65.2 Å². The molecule has 24 heavy (non-hydrogen) atoms. The number of ether oxygens (including phenoxy) is 1. The van der Waals surface area contributed by atoms with E-state index in [4.69, 9.17) is 4.74 Å². The number of carbonyl (C=O) groups excluding carboxylic acids is 1. The number of carbonyl (C=O) groups is 1. The Balaban J connectivity index is 1.71. The Bertz CT molecular complexity index is 653. The molecule has 0 heterocycles. The summed E-state index contributed by atoms with van der Waals surface area (Å²) in [5, 5.41) is 6.36. The summed E-state index contributed by atoms with van der Waals surface area (Å²) in [5.74, 6) is 0.882. The quantitative estimate of drug-likeness (QED) is 0.733. The molecule has 4 heteroatoms. The molecule has 0 spiro atoms. The van der Waals surface area contributed by atoms with Crippen molar-refractivity contribution in [3.8, 4) is 5.75 Å². The van der Waals surface area contributed by atoms with Gasteiger partial charge in [0.15, 0.2) is 0 Å². The second-order valence-corrected chi connectivity index (χ2v) is 5.99. The Morgan fingerprint density at radius 1 is 1.08 bits per heavy atom. The maximum absolute atomic E-state index is 12.0. The highest BCUT2D eigenvalue weighted by molar-refractivity contribution is 5.94. The van der Waals surface area contributed by atoms with Gasteiger partial charge in [0, 0.05) is 24.7 Å². The first-order valence-corrected chi connectivity index (χ1v) is 8.30. The normalized spacial score (nSPS) is 11.8. The molecule has 1 unspecified atom stereocenters. The SMILES string of the molecule is COc1ccccc1CC(C)NCCNC(=O)c1ccc(C)cc1. The lowest BCUT2D eigenvalue weighted by Crippen LogP contribution is -2.36. The monoisotopic (exact) mass is 326 g/mol. The van der Waals surface area contributed by atoms with Gasteiger partial charge in [-0.3, -0.25) is 4.79 Å². The maximum Gasteiger partial charge on any atom is 0.251 e. The molecular weight excluding hydrogens is 300 g/mol. The second-order valence-electron chi connectivity index (χ2n) is 5.99. The lowest BCUT2D eigenvalue weighted by molar-refractivity contribution is 0.0953. The molecular formula is C20H26N2O2. The first kappa shape index (κ1) is 18.0. The average Bonchev–Trinajstić information content (AvgIpc) is 2.59. The minimum atomic E-state index is -0.0332. The van der Waals surface area contributed by atoms with E-state index in [2.05, 4.69) is 23.6 Å². The number of aryl methyl sites for hydroxylation is 1. The van der Waals surface area contributed by atoms with Crippen LogP contribution in [0.5, 0.6) is 5.75 Å². The van der Waals surface area contributed by atoms with Crippen molar-refractivity contribution in [1.82, 2.24) is 10.6 Å². The summed E-state index contributed by atoms with van der Waals surface area (Å²) in [7, 11) is 1.69. The van der Waals surface area contributed by atoms with E-state index < -0.39 is 0 Å². The smallest absolute Gasteiger partial charge is 0.251 e. The molecule has 2 aromatic rings. The van der Waals surface area contributed by atoms with Gasteiger partial charge in [0.2, 0.25) is 0 Å². The summed E-state index contributed by atoms with van der Waals surface area (Å²) >= 11 is 0. The predicted molar refractivity (Wildman–Crippen MR) is 97.7 cm³/mol. The zero-order valence-corrected chi connectivity index (χ0v) is 14.6. The zero-order valence-electron chi connectivity index (χ0n) is 14.6. The number of methoxy groups -OCH3 is 1. The van der Waals surface area contributed by atoms with Crippen molar-refractivity contribution in [2.45, 2.75) is 26.3 Å². The van der Waals surface area contributed by atoms with Crippen molar-refractivity contribution >= 4 is 5.91 Å². The Morgan fingerprint density at radius 2 is 1.79 bits per heavy atom. The standard InChI is InChI=1S/C20H26N2O2/c1-15-8-10-17(11-9-15)20(23)22-13-12-21-16(2)14-18-6-4-5-7-19(18)24-3/h4-11,16,21H,12-14H2,1-3H3,(H,22,23). The van der Waals surface area contributed by atoms with Gasteiger partial charge in [-0.05, 0) is 44.0 Å². The van der Waals surface area contributed by atoms with E-state index in [0.29, 0.717) is 18.2 Å². The molecule has 2 rings (SSSR count). The molecule has 0 aliphatic heterocycles. The Morgan fingerprint density at radius 3 is 2.50 bits per heavy atom. The summed E-state index contributed by atoms with van der Waals surface area (Å²) in [6.45, 7) is 5.47. The fraction of sp³-hybridized carbons (Fsp3) is 0.350. The number of benzene rings is 2. The summed E-state index contributed by atoms with van der Waals surface area (Å²) in [6.07, 6.45) is 0.885. The van der Waals surface area contributed by atoms with Crippen molar-refractivity contribution in [2.75, 3.05) is 20.2 Å². The number of rotatable bonds is 8. The molecule has 0 aliphatic carbocycles. The van der Waals surface area contributed by atoms with Crippen molar-refractivity contribution in [1.29, 1.82) is 0 Å². The van der Waals surface area contributed by atoms with Crippen LogP contribution in [0.2, 0.25) is 0 Å². The molecule has 2 aromatic carbocycles. The average molecular weight is 326 g/mol. The van der Waals surface area contributed by atoms with Crippen molar-refractivity contribution in [2.24, 2.45) is 0 Å². The van der Waals surface area contributed by atoms with Crippen molar-refractivity contribution < 1.29 is 9.53 Å². The molecule has 0 saturated heterocycles. The topological polar surface area (TPSA) is 50.4 Å². The minimum Gasteiger partial charge on any atom is -0.496 e. The van der Waals surface area contributed by atoms with Crippen LogP contribution in [-0.2, 0) is 6.42 Å². The van der Waals surface area contributed by atoms with Gasteiger partial charge in [0.25, 0.3) is 5.91 Å². The third kappa shape index (κ3) is 5.39. The van der Waals surface area contributed by atoms with Crippen LogP contribution >= 0.6 is 0 Å². The van der Waals surface area contributed by atoms with E-state index in [1.807, 2.05) is 49.4 Å². The van der Waals surface area contributed by atoms with Crippen LogP contribution in [0, 0.1) is 6.92 Å². The molecule has 1 amide bonds. The van der Waals surface area contributed by atoms with Crippen LogP contribution in [0.15, 0.2) is 48.5 Å². The molecule has 0 radical (unpaired) electrons. The van der Waals surface area contributed by atoms with Gasteiger partial charge in [0.1, 0.15) is 5.75 Å². The van der Waals surface area contributed by atoms with Gasteiger partial charge in [0.05, 0.1) is 7.11 Å². The van der Waals surface area contributed by atoms with Crippen LogP contribution < -0.4 is 15.4 Å². The maximum atomic E-state index is 12.0. The number of hydrogen-bond acceptors (Lipinski definition) is 3. The van der Waals surface area contributed by atoms with Gasteiger partial charge < -0.3 is 15.4 Å². The van der Waals surface area contributed by atoms with Crippen LogP contribution in [-0.4, -0.2) is 32.1 Å². The lowest BCUT2D eigenvalue weighted by atomic mass is 10.1. The molecule has 1 atom stereocenters. The molecule has 0 bridgehead atoms. The van der Waals surface area contributed by atoms with Crippen LogP contribution in [0.4, 0.5) is 0 Å². The predicted octanol–water partition coefficient (Wildman–Crippen LogP) is 2.95. The number of para-hydroxylation sites is 1. The first-order chi connectivity index (χ1) is 11.6. The summed E-state index contributed by atoms with van der Waals surface area (Å²) in [5.41, 5.74) is 3.03. The van der Waals surface area contributed by atoms with Crippen molar-refractivity contribution in [3.63, 3.8) is 0 Å².